The van der Waals surface area contributed by atoms with Crippen LogP contribution in [-0.2, 0) is 0 Å². The molecule has 0 radical (unpaired) electrons. The number of para-hydroxylation sites is 1. The summed E-state index contributed by atoms with van der Waals surface area (Å²) in [5, 5.41) is 17.6. The predicted molar refractivity (Wildman–Crippen MR) is 81.6 cm³/mol. The zero-order chi connectivity index (χ0) is 16.4. The molecule has 23 heavy (non-hydrogen) atoms. The summed E-state index contributed by atoms with van der Waals surface area (Å²) in [5.74, 6) is -0.772. The number of amides is 1. The van der Waals surface area contributed by atoms with Gasteiger partial charge in [0.1, 0.15) is 10.7 Å². The summed E-state index contributed by atoms with van der Waals surface area (Å²) in [6.07, 6.45) is 0. The van der Waals surface area contributed by atoms with Gasteiger partial charge in [-0.1, -0.05) is 18.2 Å². The Hall–Kier alpha value is -3.42. The van der Waals surface area contributed by atoms with Gasteiger partial charge in [-0.2, -0.15) is 5.10 Å². The summed E-state index contributed by atoms with van der Waals surface area (Å²) in [4.78, 5) is 22.1. The maximum Gasteiger partial charge on any atom is 0.433 e. The molecule has 2 aromatic heterocycles. The Kier molecular flexibility index (Phi) is 3.63. The van der Waals surface area contributed by atoms with Crippen molar-refractivity contribution in [3.05, 3.63) is 70.1 Å². The van der Waals surface area contributed by atoms with Crippen LogP contribution in [0.2, 0.25) is 0 Å². The Labute approximate surface area is 130 Å². The van der Waals surface area contributed by atoms with Crippen LogP contribution in [0.15, 0.2) is 52.9 Å². The topological polar surface area (TPSA) is 103 Å². The van der Waals surface area contributed by atoms with Crippen LogP contribution in [0.5, 0.6) is 0 Å². The van der Waals surface area contributed by atoms with E-state index >= 15 is 0 Å². The van der Waals surface area contributed by atoms with Crippen molar-refractivity contribution < 1.29 is 14.1 Å². The fraction of sp³-hybridized carbons (Fsp3) is 0.0667. The van der Waals surface area contributed by atoms with Gasteiger partial charge in [-0.05, 0) is 25.1 Å². The fourth-order valence-electron chi connectivity index (χ4n) is 2.08. The highest BCUT2D eigenvalue weighted by Gasteiger charge is 2.19. The molecule has 3 aromatic rings. The van der Waals surface area contributed by atoms with Crippen molar-refractivity contribution in [2.75, 3.05) is 5.32 Å². The van der Waals surface area contributed by atoms with E-state index < -0.39 is 16.7 Å². The number of nitrogens with zero attached hydrogens (tertiary/aromatic N) is 3. The van der Waals surface area contributed by atoms with Gasteiger partial charge in [0.2, 0.25) is 0 Å². The first-order valence-corrected chi connectivity index (χ1v) is 6.72. The van der Waals surface area contributed by atoms with Crippen molar-refractivity contribution in [2.45, 2.75) is 6.92 Å². The third-order valence-corrected chi connectivity index (χ3v) is 3.07. The lowest BCUT2D eigenvalue weighted by molar-refractivity contribution is -0.402. The van der Waals surface area contributed by atoms with Crippen LogP contribution in [0.25, 0.3) is 5.69 Å². The van der Waals surface area contributed by atoms with Gasteiger partial charge in [0.25, 0.3) is 5.91 Å². The lowest BCUT2D eigenvalue weighted by atomic mass is 10.3. The first kappa shape index (κ1) is 14.5. The van der Waals surface area contributed by atoms with E-state index in [1.807, 2.05) is 30.3 Å². The Morgan fingerprint density at radius 1 is 1.26 bits per heavy atom. The third-order valence-electron chi connectivity index (χ3n) is 3.07. The van der Waals surface area contributed by atoms with Gasteiger partial charge in [0, 0.05) is 6.07 Å². The largest absolute Gasteiger partial charge is 0.433 e. The number of nitrogens with one attached hydrogen (secondary N) is 1. The van der Waals surface area contributed by atoms with E-state index in [-0.39, 0.29) is 5.76 Å². The van der Waals surface area contributed by atoms with Crippen molar-refractivity contribution in [1.82, 2.24) is 9.78 Å². The molecular weight excluding hydrogens is 300 g/mol. The summed E-state index contributed by atoms with van der Waals surface area (Å²) in [7, 11) is 0. The van der Waals surface area contributed by atoms with Gasteiger partial charge < -0.3 is 9.73 Å². The zero-order valence-electron chi connectivity index (χ0n) is 12.1. The van der Waals surface area contributed by atoms with Gasteiger partial charge >= 0.3 is 5.88 Å². The Balaban J connectivity index is 1.88. The molecule has 3 rings (SSSR count). The van der Waals surface area contributed by atoms with Crippen molar-refractivity contribution in [2.24, 2.45) is 0 Å². The number of rotatable bonds is 4. The summed E-state index contributed by atoms with van der Waals surface area (Å²) < 4.78 is 6.46. The van der Waals surface area contributed by atoms with E-state index in [1.165, 1.54) is 6.07 Å². The van der Waals surface area contributed by atoms with E-state index in [1.54, 1.807) is 17.7 Å². The number of aromatic nitrogens is 2. The second-order valence-corrected chi connectivity index (χ2v) is 4.77. The Morgan fingerprint density at radius 3 is 2.65 bits per heavy atom. The van der Waals surface area contributed by atoms with E-state index in [0.29, 0.717) is 5.82 Å². The molecule has 0 spiro atoms. The lowest BCUT2D eigenvalue weighted by Gasteiger charge is -2.07. The Bertz CT molecular complexity index is 867. The van der Waals surface area contributed by atoms with E-state index in [0.717, 1.165) is 17.4 Å². The fourth-order valence-corrected chi connectivity index (χ4v) is 2.08. The molecule has 8 nitrogen and oxygen atoms in total. The average Bonchev–Trinajstić information content (AvgIpc) is 3.15. The first-order chi connectivity index (χ1) is 11.0. The number of anilines is 1. The molecule has 0 aliphatic carbocycles. The van der Waals surface area contributed by atoms with Crippen molar-refractivity contribution >= 4 is 17.6 Å². The summed E-state index contributed by atoms with van der Waals surface area (Å²) in [6, 6.07) is 13.4. The highest BCUT2D eigenvalue weighted by Crippen LogP contribution is 2.20. The number of aryl methyl sites for hydroxylation is 1. The second-order valence-electron chi connectivity index (χ2n) is 4.77. The van der Waals surface area contributed by atoms with Crippen molar-refractivity contribution in [3.63, 3.8) is 0 Å². The van der Waals surface area contributed by atoms with Crippen LogP contribution < -0.4 is 5.32 Å². The van der Waals surface area contributed by atoms with Crippen LogP contribution in [-0.4, -0.2) is 20.6 Å². The number of carbonyl (C=O) groups excluding carboxylic acids is 1. The number of carbonyl (C=O) groups is 1. The maximum atomic E-state index is 12.2. The molecule has 1 amide bonds. The number of hydrogen-bond acceptors (Lipinski definition) is 5. The summed E-state index contributed by atoms with van der Waals surface area (Å²) >= 11 is 0. The monoisotopic (exact) mass is 312 g/mol. The molecule has 0 atom stereocenters. The minimum Gasteiger partial charge on any atom is -0.395 e. The van der Waals surface area contributed by atoms with Gasteiger partial charge in [0.05, 0.1) is 17.4 Å². The van der Waals surface area contributed by atoms with Gasteiger partial charge in [0.15, 0.2) is 5.76 Å². The van der Waals surface area contributed by atoms with Crippen LogP contribution >= 0.6 is 0 Å². The molecule has 0 aliphatic heterocycles. The summed E-state index contributed by atoms with van der Waals surface area (Å²) in [5.41, 5.74) is 1.50. The molecule has 0 saturated carbocycles. The predicted octanol–water partition coefficient (Wildman–Crippen LogP) is 2.93. The zero-order valence-corrected chi connectivity index (χ0v) is 12.1. The van der Waals surface area contributed by atoms with Gasteiger partial charge in [-0.15, -0.1) is 0 Å². The molecule has 0 unspecified atom stereocenters. The van der Waals surface area contributed by atoms with Gasteiger partial charge in [-0.25, -0.2) is 4.68 Å². The molecular formula is C15H12N4O4. The van der Waals surface area contributed by atoms with Crippen LogP contribution in [0.1, 0.15) is 16.2 Å². The average molecular weight is 312 g/mol. The molecule has 1 aromatic carbocycles. The van der Waals surface area contributed by atoms with E-state index in [2.05, 4.69) is 10.4 Å². The second kappa shape index (κ2) is 5.76. The molecule has 0 fully saturated rings. The molecule has 2 heterocycles. The molecule has 0 bridgehead atoms. The molecule has 0 aliphatic rings. The van der Waals surface area contributed by atoms with Crippen molar-refractivity contribution in [1.29, 1.82) is 0 Å². The quantitative estimate of drug-likeness (QED) is 0.589. The van der Waals surface area contributed by atoms with Crippen LogP contribution in [0.4, 0.5) is 11.7 Å². The lowest BCUT2D eigenvalue weighted by Crippen LogP contribution is -2.14. The van der Waals surface area contributed by atoms with Gasteiger partial charge in [-0.3, -0.25) is 14.9 Å². The number of furan rings is 1. The highest BCUT2D eigenvalue weighted by molar-refractivity contribution is 6.02. The minimum absolute atomic E-state index is 0.143. The molecule has 116 valence electrons. The number of hydrogen-bond donors (Lipinski definition) is 1. The smallest absolute Gasteiger partial charge is 0.395 e. The number of nitro groups is 1. The normalized spacial score (nSPS) is 10.5. The van der Waals surface area contributed by atoms with Crippen LogP contribution in [0.3, 0.4) is 0 Å². The standard InChI is InChI=1S/C15H12N4O4/c1-10-9-13(18(17-10)11-5-3-2-4-6-11)16-15(20)12-7-8-14(23-12)19(21)22/h2-9H,1H3,(H,16,20). The SMILES string of the molecule is Cc1cc(NC(=O)c2ccc([N+](=O)[O-])o2)n(-c2ccccc2)n1. The highest BCUT2D eigenvalue weighted by atomic mass is 16.6. The molecule has 0 saturated heterocycles. The van der Waals surface area contributed by atoms with Crippen molar-refractivity contribution in [3.8, 4) is 5.69 Å². The molecule has 1 N–H and O–H groups in total. The van der Waals surface area contributed by atoms with E-state index in [9.17, 15) is 14.9 Å². The third kappa shape index (κ3) is 2.95. The Morgan fingerprint density at radius 2 is 2.00 bits per heavy atom. The summed E-state index contributed by atoms with van der Waals surface area (Å²) in [6.45, 7) is 1.80. The van der Waals surface area contributed by atoms with Crippen LogP contribution in [0, 0.1) is 17.0 Å². The first-order valence-electron chi connectivity index (χ1n) is 6.72. The maximum absolute atomic E-state index is 12.2. The minimum atomic E-state index is -0.699. The molecule has 8 heteroatoms. The van der Waals surface area contributed by atoms with E-state index in [4.69, 9.17) is 4.42 Å². The number of benzene rings is 1.